The van der Waals surface area contributed by atoms with Gasteiger partial charge >= 0.3 is 0 Å². The van der Waals surface area contributed by atoms with Gasteiger partial charge in [0, 0.05) is 11.3 Å². The summed E-state index contributed by atoms with van der Waals surface area (Å²) in [5, 5.41) is 3.57. The van der Waals surface area contributed by atoms with E-state index in [0.29, 0.717) is 12.0 Å². The van der Waals surface area contributed by atoms with E-state index in [2.05, 4.69) is 54.5 Å². The Kier molecular flexibility index (Phi) is 3.88. The molecule has 20 heavy (non-hydrogen) atoms. The van der Waals surface area contributed by atoms with E-state index in [0.717, 1.165) is 18.1 Å². The van der Waals surface area contributed by atoms with Crippen molar-refractivity contribution >= 4 is 0 Å². The number of imidazole rings is 1. The van der Waals surface area contributed by atoms with Crippen LogP contribution in [-0.4, -0.2) is 16.5 Å². The Balaban J connectivity index is 1.98. The standard InChI is InChI=1S/C17H23N3/c1-12(2)15-16(13-8-4-3-5-9-13)20-17(19-15)14-10-6-7-11-18-14/h3-5,8-9,12,14,18H,6-7,10-11H2,1-2H3,(H,19,20). The molecular formula is C17H23N3. The highest BCUT2D eigenvalue weighted by Gasteiger charge is 2.21. The first kappa shape index (κ1) is 13.4. The number of nitrogens with zero attached hydrogens (tertiary/aromatic N) is 1. The lowest BCUT2D eigenvalue weighted by molar-refractivity contribution is 0.399. The smallest absolute Gasteiger partial charge is 0.124 e. The number of nitrogens with one attached hydrogen (secondary N) is 2. The van der Waals surface area contributed by atoms with E-state index < -0.39 is 0 Å². The maximum atomic E-state index is 4.91. The Morgan fingerprint density at radius 2 is 1.95 bits per heavy atom. The Labute approximate surface area is 120 Å². The van der Waals surface area contributed by atoms with Crippen molar-refractivity contribution in [3.63, 3.8) is 0 Å². The zero-order chi connectivity index (χ0) is 13.9. The van der Waals surface area contributed by atoms with Crippen molar-refractivity contribution in [1.82, 2.24) is 15.3 Å². The normalized spacial score (nSPS) is 19.4. The molecule has 1 saturated heterocycles. The summed E-state index contributed by atoms with van der Waals surface area (Å²) < 4.78 is 0. The fraction of sp³-hybridized carbons (Fsp3) is 0.471. The van der Waals surface area contributed by atoms with Crippen molar-refractivity contribution in [2.24, 2.45) is 0 Å². The molecule has 2 aromatic rings. The van der Waals surface area contributed by atoms with Crippen molar-refractivity contribution < 1.29 is 0 Å². The maximum Gasteiger partial charge on any atom is 0.124 e. The number of aromatic nitrogens is 2. The Morgan fingerprint density at radius 3 is 2.60 bits per heavy atom. The first-order chi connectivity index (χ1) is 9.75. The van der Waals surface area contributed by atoms with Gasteiger partial charge in [-0.3, -0.25) is 0 Å². The largest absolute Gasteiger partial charge is 0.344 e. The van der Waals surface area contributed by atoms with Crippen LogP contribution < -0.4 is 5.32 Å². The second-order valence-corrected chi connectivity index (χ2v) is 5.91. The molecule has 1 fully saturated rings. The molecule has 1 aromatic carbocycles. The van der Waals surface area contributed by atoms with Crippen LogP contribution >= 0.6 is 0 Å². The molecule has 1 aromatic heterocycles. The van der Waals surface area contributed by atoms with E-state index in [4.69, 9.17) is 4.98 Å². The summed E-state index contributed by atoms with van der Waals surface area (Å²) in [5.41, 5.74) is 3.57. The molecule has 106 valence electrons. The predicted octanol–water partition coefficient (Wildman–Crippen LogP) is 4.01. The van der Waals surface area contributed by atoms with E-state index in [1.54, 1.807) is 0 Å². The molecule has 1 aliphatic rings. The zero-order valence-electron chi connectivity index (χ0n) is 12.3. The summed E-state index contributed by atoms with van der Waals surface area (Å²) >= 11 is 0. The molecule has 1 aliphatic heterocycles. The van der Waals surface area contributed by atoms with Gasteiger partial charge in [0.2, 0.25) is 0 Å². The highest BCUT2D eigenvalue weighted by molar-refractivity contribution is 5.62. The van der Waals surface area contributed by atoms with Gasteiger partial charge in [-0.1, -0.05) is 50.6 Å². The Hall–Kier alpha value is -1.61. The Morgan fingerprint density at radius 1 is 1.15 bits per heavy atom. The molecule has 1 unspecified atom stereocenters. The molecule has 0 aliphatic carbocycles. The van der Waals surface area contributed by atoms with Crippen LogP contribution in [0.1, 0.15) is 56.6 Å². The number of benzene rings is 1. The first-order valence-electron chi connectivity index (χ1n) is 7.64. The lowest BCUT2D eigenvalue weighted by Crippen LogP contribution is -2.27. The van der Waals surface area contributed by atoms with Crippen LogP contribution in [0.5, 0.6) is 0 Å². The van der Waals surface area contributed by atoms with Crippen LogP contribution in [0.3, 0.4) is 0 Å². The highest BCUT2D eigenvalue weighted by Crippen LogP contribution is 2.30. The molecule has 2 N–H and O–H groups in total. The number of piperidine rings is 1. The third kappa shape index (κ3) is 2.63. The quantitative estimate of drug-likeness (QED) is 0.883. The Bertz CT molecular complexity index is 551. The van der Waals surface area contributed by atoms with Gasteiger partial charge in [0.05, 0.1) is 11.7 Å². The summed E-state index contributed by atoms with van der Waals surface area (Å²) in [6, 6.07) is 10.9. The van der Waals surface area contributed by atoms with Crippen LogP contribution in [0.4, 0.5) is 0 Å². The highest BCUT2D eigenvalue weighted by atomic mass is 15.0. The monoisotopic (exact) mass is 269 g/mol. The van der Waals surface area contributed by atoms with Crippen LogP contribution in [0.2, 0.25) is 0 Å². The molecule has 0 saturated carbocycles. The number of hydrogen-bond donors (Lipinski definition) is 2. The van der Waals surface area contributed by atoms with Crippen molar-refractivity contribution in [2.75, 3.05) is 6.54 Å². The minimum Gasteiger partial charge on any atom is -0.344 e. The molecule has 0 amide bonds. The van der Waals surface area contributed by atoms with Gasteiger partial charge in [-0.05, 0) is 25.3 Å². The molecule has 1 atom stereocenters. The fourth-order valence-corrected chi connectivity index (χ4v) is 2.89. The van der Waals surface area contributed by atoms with E-state index in [9.17, 15) is 0 Å². The molecular weight excluding hydrogens is 246 g/mol. The van der Waals surface area contributed by atoms with Crippen LogP contribution in [0.25, 0.3) is 11.3 Å². The van der Waals surface area contributed by atoms with Gasteiger partial charge < -0.3 is 10.3 Å². The predicted molar refractivity (Wildman–Crippen MR) is 82.7 cm³/mol. The van der Waals surface area contributed by atoms with Crippen LogP contribution in [0.15, 0.2) is 30.3 Å². The van der Waals surface area contributed by atoms with Gasteiger partial charge in [0.25, 0.3) is 0 Å². The third-order valence-corrected chi connectivity index (χ3v) is 4.02. The van der Waals surface area contributed by atoms with Crippen molar-refractivity contribution in [1.29, 1.82) is 0 Å². The van der Waals surface area contributed by atoms with Crippen LogP contribution in [-0.2, 0) is 0 Å². The molecule has 0 spiro atoms. The second-order valence-electron chi connectivity index (χ2n) is 5.91. The molecule has 3 rings (SSSR count). The molecule has 2 heterocycles. The average Bonchev–Trinajstić information content (AvgIpc) is 2.94. The zero-order valence-corrected chi connectivity index (χ0v) is 12.3. The van der Waals surface area contributed by atoms with Crippen molar-refractivity contribution in [2.45, 2.75) is 45.1 Å². The van der Waals surface area contributed by atoms with E-state index >= 15 is 0 Å². The van der Waals surface area contributed by atoms with E-state index in [-0.39, 0.29) is 0 Å². The third-order valence-electron chi connectivity index (χ3n) is 4.02. The number of H-pyrrole nitrogens is 1. The van der Waals surface area contributed by atoms with Gasteiger partial charge in [-0.15, -0.1) is 0 Å². The molecule has 3 heteroatoms. The summed E-state index contributed by atoms with van der Waals surface area (Å²) in [7, 11) is 0. The van der Waals surface area contributed by atoms with Crippen molar-refractivity contribution in [3.05, 3.63) is 41.9 Å². The van der Waals surface area contributed by atoms with Gasteiger partial charge in [0.1, 0.15) is 5.82 Å². The molecule has 0 radical (unpaired) electrons. The summed E-state index contributed by atoms with van der Waals surface area (Å²) in [5.74, 6) is 1.56. The number of hydrogen-bond acceptors (Lipinski definition) is 2. The minimum atomic E-state index is 0.388. The van der Waals surface area contributed by atoms with Crippen LogP contribution in [0, 0.1) is 0 Å². The maximum absolute atomic E-state index is 4.91. The van der Waals surface area contributed by atoms with Gasteiger partial charge in [0.15, 0.2) is 0 Å². The van der Waals surface area contributed by atoms with E-state index in [1.165, 1.54) is 30.5 Å². The number of rotatable bonds is 3. The van der Waals surface area contributed by atoms with Gasteiger partial charge in [-0.2, -0.15) is 0 Å². The molecule has 3 nitrogen and oxygen atoms in total. The molecule has 0 bridgehead atoms. The second kappa shape index (κ2) is 5.80. The van der Waals surface area contributed by atoms with Crippen molar-refractivity contribution in [3.8, 4) is 11.3 Å². The minimum absolute atomic E-state index is 0.388. The fourth-order valence-electron chi connectivity index (χ4n) is 2.89. The summed E-state index contributed by atoms with van der Waals surface area (Å²) in [6.07, 6.45) is 3.75. The lowest BCUT2D eigenvalue weighted by Gasteiger charge is -2.21. The van der Waals surface area contributed by atoms with Gasteiger partial charge in [-0.25, -0.2) is 4.98 Å². The lowest BCUT2D eigenvalue weighted by atomic mass is 10.0. The topological polar surface area (TPSA) is 40.7 Å². The SMILES string of the molecule is CC(C)c1[nH]c(C2CCCCN2)nc1-c1ccccc1. The summed E-state index contributed by atoms with van der Waals surface area (Å²) in [4.78, 5) is 8.48. The summed E-state index contributed by atoms with van der Waals surface area (Å²) in [6.45, 7) is 5.54. The average molecular weight is 269 g/mol. The van der Waals surface area contributed by atoms with E-state index in [1.807, 2.05) is 0 Å². The first-order valence-corrected chi connectivity index (χ1v) is 7.64. The number of aromatic amines is 1.